The number of benzene rings is 1. The number of nitrogens with two attached hydrogens (primary N) is 1. The third-order valence-electron chi connectivity index (χ3n) is 3.15. The van der Waals surface area contributed by atoms with Gasteiger partial charge in [0.2, 0.25) is 0 Å². The van der Waals surface area contributed by atoms with Crippen LogP contribution in [-0.2, 0) is 0 Å². The molecule has 0 spiro atoms. The van der Waals surface area contributed by atoms with Gasteiger partial charge < -0.3 is 11.1 Å². The van der Waals surface area contributed by atoms with Crippen LogP contribution in [0.2, 0.25) is 0 Å². The van der Waals surface area contributed by atoms with Gasteiger partial charge in [0.15, 0.2) is 5.78 Å². The minimum absolute atomic E-state index is 0.0132. The number of carbonyl (C=O) groups is 1. The van der Waals surface area contributed by atoms with Gasteiger partial charge in [-0.25, -0.2) is 0 Å². The fourth-order valence-electron chi connectivity index (χ4n) is 1.95. The summed E-state index contributed by atoms with van der Waals surface area (Å²) in [5, 5.41) is 3.42. The molecule has 16 heavy (non-hydrogen) atoms. The first-order chi connectivity index (χ1) is 7.58. The molecule has 0 radical (unpaired) electrons. The Morgan fingerprint density at radius 3 is 2.69 bits per heavy atom. The summed E-state index contributed by atoms with van der Waals surface area (Å²) in [4.78, 5) is 11.2. The molecule has 0 aliphatic heterocycles. The van der Waals surface area contributed by atoms with Crippen LogP contribution < -0.4 is 11.1 Å². The maximum absolute atomic E-state index is 11.2. The molecule has 1 aromatic carbocycles. The van der Waals surface area contributed by atoms with Crippen LogP contribution in [0, 0.1) is 5.92 Å². The van der Waals surface area contributed by atoms with Crippen molar-refractivity contribution in [2.45, 2.75) is 32.7 Å². The van der Waals surface area contributed by atoms with E-state index < -0.39 is 0 Å². The van der Waals surface area contributed by atoms with Crippen molar-refractivity contribution in [1.82, 2.24) is 0 Å². The van der Waals surface area contributed by atoms with Crippen LogP contribution in [0.3, 0.4) is 0 Å². The second kappa shape index (κ2) is 4.16. The van der Waals surface area contributed by atoms with Crippen molar-refractivity contribution < 1.29 is 4.79 Å². The van der Waals surface area contributed by atoms with Crippen LogP contribution in [0.4, 0.5) is 11.4 Å². The van der Waals surface area contributed by atoms with Gasteiger partial charge in [-0.2, -0.15) is 0 Å². The highest BCUT2D eigenvalue weighted by Gasteiger charge is 2.27. The molecule has 1 fully saturated rings. The number of ketones is 1. The Balaban J connectivity index is 2.10. The largest absolute Gasteiger partial charge is 0.398 e. The van der Waals surface area contributed by atoms with Crippen molar-refractivity contribution in [2.75, 3.05) is 11.1 Å². The molecule has 2 rings (SSSR count). The fraction of sp³-hybridized carbons (Fsp3) is 0.462. The van der Waals surface area contributed by atoms with Gasteiger partial charge in [0.25, 0.3) is 0 Å². The molecule has 0 heterocycles. The summed E-state index contributed by atoms with van der Waals surface area (Å²) in [5.74, 6) is 0.813. The van der Waals surface area contributed by atoms with Crippen LogP contribution in [0.15, 0.2) is 18.2 Å². The topological polar surface area (TPSA) is 55.1 Å². The summed E-state index contributed by atoms with van der Waals surface area (Å²) < 4.78 is 0. The van der Waals surface area contributed by atoms with Crippen LogP contribution >= 0.6 is 0 Å². The van der Waals surface area contributed by atoms with E-state index in [-0.39, 0.29) is 5.78 Å². The van der Waals surface area contributed by atoms with Crippen LogP contribution in [0.5, 0.6) is 0 Å². The molecule has 1 unspecified atom stereocenters. The lowest BCUT2D eigenvalue weighted by molar-refractivity contribution is 0.101. The van der Waals surface area contributed by atoms with Crippen molar-refractivity contribution in [3.8, 4) is 0 Å². The predicted octanol–water partition coefficient (Wildman–Crippen LogP) is 2.68. The third kappa shape index (κ3) is 2.35. The quantitative estimate of drug-likeness (QED) is 0.603. The van der Waals surface area contributed by atoms with Gasteiger partial charge in [0.1, 0.15) is 0 Å². The highest BCUT2D eigenvalue weighted by Crippen LogP contribution is 2.34. The average molecular weight is 218 g/mol. The third-order valence-corrected chi connectivity index (χ3v) is 3.15. The first-order valence-electron chi connectivity index (χ1n) is 5.75. The number of hydrogen-bond donors (Lipinski definition) is 2. The van der Waals surface area contributed by atoms with Gasteiger partial charge in [0, 0.05) is 23.0 Å². The smallest absolute Gasteiger partial charge is 0.161 e. The Labute approximate surface area is 96.0 Å². The summed E-state index contributed by atoms with van der Waals surface area (Å²) in [6, 6.07) is 6.05. The second-order valence-corrected chi connectivity index (χ2v) is 4.63. The van der Waals surface area contributed by atoms with Crippen molar-refractivity contribution in [3.05, 3.63) is 23.8 Å². The molecule has 3 N–H and O–H groups in total. The number of anilines is 2. The monoisotopic (exact) mass is 218 g/mol. The molecule has 1 aliphatic carbocycles. The SMILES string of the molecule is CC(=O)c1ccc(NC(C)C2CC2)cc1N. The molecular weight excluding hydrogens is 200 g/mol. The first-order valence-corrected chi connectivity index (χ1v) is 5.75. The first kappa shape index (κ1) is 11.0. The highest BCUT2D eigenvalue weighted by molar-refractivity contribution is 5.99. The van der Waals surface area contributed by atoms with Crippen molar-refractivity contribution in [3.63, 3.8) is 0 Å². The van der Waals surface area contributed by atoms with E-state index in [1.807, 2.05) is 12.1 Å². The Morgan fingerprint density at radius 1 is 1.50 bits per heavy atom. The van der Waals surface area contributed by atoms with Gasteiger partial charge in [-0.05, 0) is 50.8 Å². The molecule has 86 valence electrons. The summed E-state index contributed by atoms with van der Waals surface area (Å²) in [6.45, 7) is 3.72. The lowest BCUT2D eigenvalue weighted by atomic mass is 10.1. The van der Waals surface area contributed by atoms with Crippen molar-refractivity contribution in [2.24, 2.45) is 5.92 Å². The average Bonchev–Trinajstić information content (AvgIpc) is 2.99. The minimum atomic E-state index is 0.0132. The number of Topliss-reactive ketones (excluding diaryl/α,β-unsaturated/α-hetero) is 1. The standard InChI is InChI=1S/C13H18N2O/c1-8(10-3-4-10)15-11-5-6-12(9(2)16)13(14)7-11/h5-8,10,15H,3-4,14H2,1-2H3. The molecule has 0 bridgehead atoms. The molecule has 0 amide bonds. The molecule has 1 atom stereocenters. The van der Waals surface area contributed by atoms with Gasteiger partial charge in [-0.1, -0.05) is 0 Å². The zero-order valence-corrected chi connectivity index (χ0v) is 9.79. The fourth-order valence-corrected chi connectivity index (χ4v) is 1.95. The highest BCUT2D eigenvalue weighted by atomic mass is 16.1. The summed E-state index contributed by atoms with van der Waals surface area (Å²) >= 11 is 0. The maximum atomic E-state index is 11.2. The van der Waals surface area contributed by atoms with Crippen LogP contribution in [-0.4, -0.2) is 11.8 Å². The Hall–Kier alpha value is -1.51. The number of carbonyl (C=O) groups excluding carboxylic acids is 1. The second-order valence-electron chi connectivity index (χ2n) is 4.63. The lowest BCUT2D eigenvalue weighted by Gasteiger charge is -2.15. The zero-order chi connectivity index (χ0) is 11.7. The molecule has 0 aromatic heterocycles. The summed E-state index contributed by atoms with van der Waals surface area (Å²) in [7, 11) is 0. The van der Waals surface area contributed by atoms with E-state index in [9.17, 15) is 4.79 Å². The summed E-state index contributed by atoms with van der Waals surface area (Å²) in [6.07, 6.45) is 2.63. The maximum Gasteiger partial charge on any atom is 0.161 e. The normalized spacial score (nSPS) is 16.9. The van der Waals surface area contributed by atoms with E-state index in [1.54, 1.807) is 6.07 Å². The predicted molar refractivity (Wildman–Crippen MR) is 66.7 cm³/mol. The van der Waals surface area contributed by atoms with E-state index in [1.165, 1.54) is 19.8 Å². The summed E-state index contributed by atoms with van der Waals surface area (Å²) in [5.41, 5.74) is 7.99. The number of rotatable bonds is 4. The van der Waals surface area contributed by atoms with Gasteiger partial charge in [-0.3, -0.25) is 4.79 Å². The van der Waals surface area contributed by atoms with E-state index >= 15 is 0 Å². The van der Waals surface area contributed by atoms with Gasteiger partial charge in [-0.15, -0.1) is 0 Å². The van der Waals surface area contributed by atoms with Crippen molar-refractivity contribution >= 4 is 17.2 Å². The lowest BCUT2D eigenvalue weighted by Crippen LogP contribution is -2.17. The van der Waals surface area contributed by atoms with Gasteiger partial charge >= 0.3 is 0 Å². The van der Waals surface area contributed by atoms with E-state index in [0.717, 1.165) is 11.6 Å². The minimum Gasteiger partial charge on any atom is -0.398 e. The van der Waals surface area contributed by atoms with E-state index in [4.69, 9.17) is 5.73 Å². The molecule has 1 saturated carbocycles. The molecule has 3 heteroatoms. The van der Waals surface area contributed by atoms with Crippen LogP contribution in [0.1, 0.15) is 37.0 Å². The van der Waals surface area contributed by atoms with E-state index in [0.29, 0.717) is 17.3 Å². The molecule has 3 nitrogen and oxygen atoms in total. The molecular formula is C13H18N2O. The Kier molecular flexibility index (Phi) is 2.86. The zero-order valence-electron chi connectivity index (χ0n) is 9.79. The number of hydrogen-bond acceptors (Lipinski definition) is 3. The number of nitrogens with one attached hydrogen (secondary N) is 1. The molecule has 1 aromatic rings. The van der Waals surface area contributed by atoms with Crippen molar-refractivity contribution in [1.29, 1.82) is 0 Å². The number of nitrogen functional groups attached to an aromatic ring is 1. The van der Waals surface area contributed by atoms with E-state index in [2.05, 4.69) is 12.2 Å². The Bertz CT molecular complexity index is 410. The Morgan fingerprint density at radius 2 is 2.19 bits per heavy atom. The molecule has 1 aliphatic rings. The molecule has 0 saturated heterocycles. The van der Waals surface area contributed by atoms with Crippen LogP contribution in [0.25, 0.3) is 0 Å². The van der Waals surface area contributed by atoms with Gasteiger partial charge in [0.05, 0.1) is 0 Å².